The molecule has 1 aromatic rings. The minimum Gasteiger partial charge on any atom is -0.326 e. The van der Waals surface area contributed by atoms with Gasteiger partial charge in [-0.3, -0.25) is 0 Å². The van der Waals surface area contributed by atoms with Crippen molar-refractivity contribution in [2.75, 3.05) is 0 Å². The molecule has 112 valence electrons. The predicted molar refractivity (Wildman–Crippen MR) is 76.2 cm³/mol. The van der Waals surface area contributed by atoms with Gasteiger partial charge in [0.05, 0.1) is 4.90 Å². The highest BCUT2D eigenvalue weighted by atomic mass is 32.2. The molecular weight excluding hydrogens is 279 g/mol. The van der Waals surface area contributed by atoms with E-state index in [2.05, 4.69) is 4.72 Å². The van der Waals surface area contributed by atoms with E-state index in [1.807, 2.05) is 6.92 Å². The van der Waals surface area contributed by atoms with Gasteiger partial charge >= 0.3 is 0 Å². The van der Waals surface area contributed by atoms with Gasteiger partial charge in [-0.15, -0.1) is 0 Å². The van der Waals surface area contributed by atoms with Crippen molar-refractivity contribution in [3.8, 4) is 0 Å². The lowest BCUT2D eigenvalue weighted by Crippen LogP contribution is -2.52. The van der Waals surface area contributed by atoms with E-state index in [0.29, 0.717) is 5.56 Å². The quantitative estimate of drug-likeness (QED) is 0.875. The molecule has 1 aliphatic carbocycles. The molecule has 0 atom stereocenters. The predicted octanol–water partition coefficient (Wildman–Crippen LogP) is 2.20. The number of aryl methyl sites for hydroxylation is 1. The minimum atomic E-state index is -3.63. The molecule has 3 N–H and O–H groups in total. The summed E-state index contributed by atoms with van der Waals surface area (Å²) in [4.78, 5) is 0.0941. The topological polar surface area (TPSA) is 72.2 Å². The van der Waals surface area contributed by atoms with Crippen LogP contribution in [0.15, 0.2) is 17.0 Å². The van der Waals surface area contributed by atoms with Crippen molar-refractivity contribution in [3.63, 3.8) is 0 Å². The monoisotopic (exact) mass is 300 g/mol. The first kappa shape index (κ1) is 15.4. The van der Waals surface area contributed by atoms with Crippen molar-refractivity contribution < 1.29 is 12.8 Å². The smallest absolute Gasteiger partial charge is 0.241 e. The van der Waals surface area contributed by atoms with Crippen molar-refractivity contribution in [2.45, 2.75) is 56.5 Å². The van der Waals surface area contributed by atoms with Crippen LogP contribution in [0.1, 0.15) is 43.7 Å². The van der Waals surface area contributed by atoms with Gasteiger partial charge in [0.15, 0.2) is 0 Å². The average Bonchev–Trinajstić information content (AvgIpc) is 2.37. The molecule has 0 heterocycles. The third-order valence-electron chi connectivity index (χ3n) is 4.17. The largest absolute Gasteiger partial charge is 0.326 e. The lowest BCUT2D eigenvalue weighted by molar-refractivity contribution is 0.214. The SMILES string of the molecule is CCC1(NS(=O)(=O)c2cc(C)c(F)c(CN)c2)CCC1. The van der Waals surface area contributed by atoms with E-state index in [9.17, 15) is 12.8 Å². The van der Waals surface area contributed by atoms with Crippen molar-refractivity contribution in [2.24, 2.45) is 5.73 Å². The Kier molecular flexibility index (Phi) is 4.18. The Morgan fingerprint density at radius 1 is 1.40 bits per heavy atom. The highest BCUT2D eigenvalue weighted by Gasteiger charge is 2.39. The second kappa shape index (κ2) is 5.42. The van der Waals surface area contributed by atoms with Crippen LogP contribution in [0.2, 0.25) is 0 Å². The molecule has 0 aromatic heterocycles. The molecule has 20 heavy (non-hydrogen) atoms. The molecular formula is C14H21FN2O2S. The fourth-order valence-electron chi connectivity index (χ4n) is 2.59. The Balaban J connectivity index is 2.37. The summed E-state index contributed by atoms with van der Waals surface area (Å²) in [7, 11) is -3.63. The molecule has 0 unspecified atom stereocenters. The zero-order valence-corrected chi connectivity index (χ0v) is 12.7. The number of halogens is 1. The van der Waals surface area contributed by atoms with Gasteiger partial charge in [-0.1, -0.05) is 6.92 Å². The highest BCUT2D eigenvalue weighted by molar-refractivity contribution is 7.89. The van der Waals surface area contributed by atoms with Crippen molar-refractivity contribution in [1.29, 1.82) is 0 Å². The van der Waals surface area contributed by atoms with Gasteiger partial charge in [0.2, 0.25) is 10.0 Å². The number of nitrogens with one attached hydrogen (secondary N) is 1. The van der Waals surface area contributed by atoms with E-state index >= 15 is 0 Å². The van der Waals surface area contributed by atoms with E-state index in [-0.39, 0.29) is 22.5 Å². The Bertz CT molecular complexity index is 604. The fraction of sp³-hybridized carbons (Fsp3) is 0.571. The molecule has 6 heteroatoms. The Labute approximate surface area is 119 Å². The molecule has 1 fully saturated rings. The maximum Gasteiger partial charge on any atom is 0.241 e. The molecule has 1 saturated carbocycles. The maximum atomic E-state index is 13.8. The van der Waals surface area contributed by atoms with Crippen molar-refractivity contribution in [1.82, 2.24) is 4.72 Å². The normalized spacial score (nSPS) is 17.8. The first-order valence-electron chi connectivity index (χ1n) is 6.86. The molecule has 2 rings (SSSR count). The van der Waals surface area contributed by atoms with Crippen LogP contribution in [0.3, 0.4) is 0 Å². The third kappa shape index (κ3) is 2.73. The summed E-state index contributed by atoms with van der Waals surface area (Å²) >= 11 is 0. The zero-order chi connectivity index (χ0) is 15.0. The van der Waals surface area contributed by atoms with Gasteiger partial charge in [0.25, 0.3) is 0 Å². The first-order valence-corrected chi connectivity index (χ1v) is 8.35. The summed E-state index contributed by atoms with van der Waals surface area (Å²) in [6, 6.07) is 2.69. The van der Waals surface area contributed by atoms with Crippen LogP contribution in [0.25, 0.3) is 0 Å². The summed E-state index contributed by atoms with van der Waals surface area (Å²) in [5.41, 5.74) is 5.66. The Hall–Kier alpha value is -0.980. The lowest BCUT2D eigenvalue weighted by atomic mass is 9.76. The van der Waals surface area contributed by atoms with E-state index in [1.54, 1.807) is 6.92 Å². The van der Waals surface area contributed by atoms with E-state index in [0.717, 1.165) is 25.7 Å². The molecule has 1 aromatic carbocycles. The van der Waals surface area contributed by atoms with E-state index in [4.69, 9.17) is 5.73 Å². The molecule has 0 bridgehead atoms. The van der Waals surface area contributed by atoms with Gasteiger partial charge in [-0.2, -0.15) is 0 Å². The van der Waals surface area contributed by atoms with Crippen LogP contribution in [-0.4, -0.2) is 14.0 Å². The summed E-state index contributed by atoms with van der Waals surface area (Å²) in [6.07, 6.45) is 3.50. The number of nitrogens with two attached hydrogens (primary N) is 1. The summed E-state index contributed by atoms with van der Waals surface area (Å²) < 4.78 is 41.4. The van der Waals surface area contributed by atoms with Crippen LogP contribution in [0.4, 0.5) is 4.39 Å². The Morgan fingerprint density at radius 3 is 2.50 bits per heavy atom. The van der Waals surface area contributed by atoms with Gasteiger partial charge < -0.3 is 5.73 Å². The average molecular weight is 300 g/mol. The second-order valence-corrected chi connectivity index (χ2v) is 7.19. The zero-order valence-electron chi connectivity index (χ0n) is 11.9. The van der Waals surface area contributed by atoms with E-state index < -0.39 is 15.8 Å². The molecule has 0 spiro atoms. The van der Waals surface area contributed by atoms with Crippen LogP contribution in [0, 0.1) is 12.7 Å². The summed E-state index contributed by atoms with van der Waals surface area (Å²) in [5, 5.41) is 0. The fourth-order valence-corrected chi connectivity index (χ4v) is 4.25. The van der Waals surface area contributed by atoms with Crippen LogP contribution < -0.4 is 10.5 Å². The summed E-state index contributed by atoms with van der Waals surface area (Å²) in [6.45, 7) is 3.50. The number of hydrogen-bond donors (Lipinski definition) is 2. The van der Waals surface area contributed by atoms with Crippen LogP contribution >= 0.6 is 0 Å². The number of benzene rings is 1. The van der Waals surface area contributed by atoms with Gasteiger partial charge in [-0.05, 0) is 50.3 Å². The third-order valence-corrected chi connectivity index (χ3v) is 5.73. The first-order chi connectivity index (χ1) is 9.33. The molecule has 4 nitrogen and oxygen atoms in total. The van der Waals surface area contributed by atoms with Crippen molar-refractivity contribution in [3.05, 3.63) is 29.1 Å². The number of hydrogen-bond acceptors (Lipinski definition) is 3. The Morgan fingerprint density at radius 2 is 2.05 bits per heavy atom. The van der Waals surface area contributed by atoms with Gasteiger partial charge in [0.1, 0.15) is 5.82 Å². The molecule has 0 aliphatic heterocycles. The summed E-state index contributed by atoms with van der Waals surface area (Å²) in [5.74, 6) is -0.430. The van der Waals surface area contributed by atoms with E-state index in [1.165, 1.54) is 12.1 Å². The van der Waals surface area contributed by atoms with Crippen LogP contribution in [0.5, 0.6) is 0 Å². The molecule has 0 radical (unpaired) electrons. The van der Waals surface area contributed by atoms with Crippen molar-refractivity contribution >= 4 is 10.0 Å². The van der Waals surface area contributed by atoms with Gasteiger partial charge in [-0.25, -0.2) is 17.5 Å². The molecule has 0 amide bonds. The maximum absolute atomic E-state index is 13.8. The van der Waals surface area contributed by atoms with Gasteiger partial charge in [0, 0.05) is 17.6 Å². The lowest BCUT2D eigenvalue weighted by Gasteiger charge is -2.41. The number of rotatable bonds is 5. The standard InChI is InChI=1S/C14H21FN2O2S/c1-3-14(5-4-6-14)17-20(18,19)12-7-10(2)13(15)11(8-12)9-16/h7-8,17H,3-6,9,16H2,1-2H3. The number of sulfonamides is 1. The minimum absolute atomic E-state index is 0.0189. The molecule has 0 saturated heterocycles. The molecule has 1 aliphatic rings. The second-order valence-electron chi connectivity index (χ2n) is 5.51. The van der Waals surface area contributed by atoms with Crippen LogP contribution in [-0.2, 0) is 16.6 Å². The highest BCUT2D eigenvalue weighted by Crippen LogP contribution is 2.36.